The van der Waals surface area contributed by atoms with E-state index in [2.05, 4.69) is 25.3 Å². The molecule has 4 aromatic rings. The first-order chi connectivity index (χ1) is 11.7. The van der Waals surface area contributed by atoms with Crippen LogP contribution in [0.2, 0.25) is 5.15 Å². The molecule has 118 valence electrons. The van der Waals surface area contributed by atoms with Crippen molar-refractivity contribution in [3.63, 3.8) is 0 Å². The number of H-pyrrole nitrogens is 1. The quantitative estimate of drug-likeness (QED) is 0.599. The monoisotopic (exact) mass is 338 g/mol. The normalized spacial score (nSPS) is 10.9. The van der Waals surface area contributed by atoms with Crippen molar-refractivity contribution in [3.8, 4) is 11.4 Å². The number of anilines is 2. The molecule has 0 aliphatic heterocycles. The molecule has 0 bridgehead atoms. The number of halogens is 1. The molecule has 0 spiro atoms. The Morgan fingerprint density at radius 1 is 1.12 bits per heavy atom. The lowest BCUT2D eigenvalue weighted by molar-refractivity contribution is 1.12. The second kappa shape index (κ2) is 5.78. The third-order valence-electron chi connectivity index (χ3n) is 3.45. The lowest BCUT2D eigenvalue weighted by Gasteiger charge is -2.06. The smallest absolute Gasteiger partial charge is 0.271 e. The third kappa shape index (κ3) is 2.50. The van der Waals surface area contributed by atoms with Crippen LogP contribution in [-0.4, -0.2) is 24.3 Å². The molecule has 0 unspecified atom stereocenters. The Balaban J connectivity index is 1.79. The number of nitrogens with zero attached hydrogens (tertiary/aromatic N) is 4. The molecule has 4 rings (SSSR count). The van der Waals surface area contributed by atoms with Crippen molar-refractivity contribution in [2.45, 2.75) is 0 Å². The molecule has 0 aliphatic carbocycles. The largest absolute Gasteiger partial charge is 0.327 e. The van der Waals surface area contributed by atoms with Crippen molar-refractivity contribution < 1.29 is 0 Å². The summed E-state index contributed by atoms with van der Waals surface area (Å²) in [4.78, 5) is 27.2. The van der Waals surface area contributed by atoms with Crippen LogP contribution in [0.4, 0.5) is 11.6 Å². The van der Waals surface area contributed by atoms with Crippen LogP contribution in [0.3, 0.4) is 0 Å². The molecule has 0 fully saturated rings. The molecule has 0 atom stereocenters. The summed E-state index contributed by atoms with van der Waals surface area (Å²) in [5, 5.41) is 3.25. The molecule has 8 heteroatoms. The van der Waals surface area contributed by atoms with E-state index in [1.54, 1.807) is 30.6 Å². The number of aromatic nitrogens is 5. The molecular formula is C16H11ClN6O. The first-order valence-electron chi connectivity index (χ1n) is 7.13. The second-order valence-electron chi connectivity index (χ2n) is 4.98. The van der Waals surface area contributed by atoms with E-state index < -0.39 is 0 Å². The van der Waals surface area contributed by atoms with E-state index in [9.17, 15) is 4.79 Å². The molecular weight excluding hydrogens is 328 g/mol. The minimum absolute atomic E-state index is 0.251. The van der Waals surface area contributed by atoms with E-state index in [0.29, 0.717) is 28.2 Å². The zero-order chi connectivity index (χ0) is 16.5. The predicted octanol–water partition coefficient (Wildman–Crippen LogP) is 2.88. The number of pyridine rings is 2. The zero-order valence-electron chi connectivity index (χ0n) is 12.3. The molecule has 0 amide bonds. The predicted molar refractivity (Wildman–Crippen MR) is 91.6 cm³/mol. The topological polar surface area (TPSA) is 88.0 Å². The molecule has 7 nitrogen and oxygen atoms in total. The fourth-order valence-corrected chi connectivity index (χ4v) is 2.66. The highest BCUT2D eigenvalue weighted by Crippen LogP contribution is 2.27. The number of nitrogens with one attached hydrogen (secondary N) is 2. The Hall–Kier alpha value is -3.19. The summed E-state index contributed by atoms with van der Waals surface area (Å²) < 4.78 is 1.85. The Labute approximate surface area is 141 Å². The van der Waals surface area contributed by atoms with E-state index in [-0.39, 0.29) is 5.56 Å². The lowest BCUT2D eigenvalue weighted by Crippen LogP contribution is -2.11. The molecule has 4 heterocycles. The lowest BCUT2D eigenvalue weighted by atomic mass is 10.3. The average molecular weight is 339 g/mol. The first kappa shape index (κ1) is 14.4. The second-order valence-corrected chi connectivity index (χ2v) is 5.34. The zero-order valence-corrected chi connectivity index (χ0v) is 13.0. The number of fused-ring (bicyclic) bond motifs is 1. The van der Waals surface area contributed by atoms with Gasteiger partial charge < -0.3 is 10.3 Å². The van der Waals surface area contributed by atoms with Gasteiger partial charge in [-0.2, -0.15) is 0 Å². The summed E-state index contributed by atoms with van der Waals surface area (Å²) >= 11 is 6.27. The Morgan fingerprint density at radius 2 is 2.04 bits per heavy atom. The van der Waals surface area contributed by atoms with Crippen LogP contribution >= 0.6 is 11.6 Å². The fraction of sp³-hybridized carbons (Fsp3) is 0. The third-order valence-corrected chi connectivity index (χ3v) is 3.71. The van der Waals surface area contributed by atoms with Gasteiger partial charge in [0.05, 0.1) is 5.69 Å². The van der Waals surface area contributed by atoms with Crippen molar-refractivity contribution >= 4 is 28.9 Å². The molecule has 24 heavy (non-hydrogen) atoms. The van der Waals surface area contributed by atoms with Crippen LogP contribution < -0.4 is 10.9 Å². The number of hydrogen-bond acceptors (Lipinski definition) is 5. The van der Waals surface area contributed by atoms with Gasteiger partial charge in [0.1, 0.15) is 17.0 Å². The first-order valence-corrected chi connectivity index (χ1v) is 7.51. The highest BCUT2D eigenvalue weighted by Gasteiger charge is 2.14. The van der Waals surface area contributed by atoms with Gasteiger partial charge in [0.2, 0.25) is 5.95 Å². The van der Waals surface area contributed by atoms with Crippen LogP contribution in [0.5, 0.6) is 0 Å². The molecule has 0 radical (unpaired) electrons. The van der Waals surface area contributed by atoms with Gasteiger partial charge in [0.15, 0.2) is 5.15 Å². The minimum atomic E-state index is -0.251. The SMILES string of the molecule is O=c1[nH]cccc1Nc1nccc(-c2c(Cl)nc3ccccn23)n1. The van der Waals surface area contributed by atoms with E-state index >= 15 is 0 Å². The van der Waals surface area contributed by atoms with Crippen molar-refractivity contribution in [2.75, 3.05) is 5.32 Å². The van der Waals surface area contributed by atoms with Crippen LogP contribution in [0, 0.1) is 0 Å². The Morgan fingerprint density at radius 3 is 2.92 bits per heavy atom. The van der Waals surface area contributed by atoms with E-state index in [1.165, 1.54) is 0 Å². The molecule has 0 aromatic carbocycles. The maximum Gasteiger partial charge on any atom is 0.271 e. The van der Waals surface area contributed by atoms with Crippen molar-refractivity contribution in [3.05, 3.63) is 70.5 Å². The van der Waals surface area contributed by atoms with E-state index in [1.807, 2.05) is 28.8 Å². The van der Waals surface area contributed by atoms with Crippen molar-refractivity contribution in [1.82, 2.24) is 24.3 Å². The van der Waals surface area contributed by atoms with Crippen molar-refractivity contribution in [1.29, 1.82) is 0 Å². The number of aromatic amines is 1. The van der Waals surface area contributed by atoms with Gasteiger partial charge in [-0.25, -0.2) is 15.0 Å². The van der Waals surface area contributed by atoms with Gasteiger partial charge in [-0.1, -0.05) is 17.7 Å². The van der Waals surface area contributed by atoms with Gasteiger partial charge in [0.25, 0.3) is 5.56 Å². The Kier molecular flexibility index (Phi) is 3.47. The summed E-state index contributed by atoms with van der Waals surface area (Å²) in [6, 6.07) is 10.7. The van der Waals surface area contributed by atoms with Gasteiger partial charge in [-0.05, 0) is 30.3 Å². The average Bonchev–Trinajstić information content (AvgIpc) is 2.93. The molecule has 4 aromatic heterocycles. The van der Waals surface area contributed by atoms with Crippen LogP contribution in [0.15, 0.2) is 59.8 Å². The maximum atomic E-state index is 11.8. The summed E-state index contributed by atoms with van der Waals surface area (Å²) in [5.41, 5.74) is 2.10. The molecule has 0 saturated heterocycles. The number of rotatable bonds is 3. The van der Waals surface area contributed by atoms with E-state index in [4.69, 9.17) is 11.6 Å². The number of imidazole rings is 1. The van der Waals surface area contributed by atoms with Crippen LogP contribution in [0.1, 0.15) is 0 Å². The summed E-state index contributed by atoms with van der Waals surface area (Å²) in [5.74, 6) is 0.297. The van der Waals surface area contributed by atoms with E-state index in [0.717, 1.165) is 5.65 Å². The van der Waals surface area contributed by atoms with Gasteiger partial charge in [-0.15, -0.1) is 0 Å². The standard InChI is InChI=1S/C16H11ClN6O/c17-14-13(23-9-2-1-5-12(23)22-14)10-6-8-19-16(20-10)21-11-4-3-7-18-15(11)24/h1-9H,(H,18,24)(H,19,20,21). The minimum Gasteiger partial charge on any atom is -0.327 e. The van der Waals surface area contributed by atoms with Crippen LogP contribution in [0.25, 0.3) is 17.0 Å². The van der Waals surface area contributed by atoms with Crippen molar-refractivity contribution in [2.24, 2.45) is 0 Å². The van der Waals surface area contributed by atoms with Crippen LogP contribution in [-0.2, 0) is 0 Å². The number of hydrogen-bond donors (Lipinski definition) is 2. The van der Waals surface area contributed by atoms with Gasteiger partial charge in [0, 0.05) is 18.6 Å². The summed E-state index contributed by atoms with van der Waals surface area (Å²) in [6.45, 7) is 0. The highest BCUT2D eigenvalue weighted by atomic mass is 35.5. The molecule has 0 saturated carbocycles. The summed E-state index contributed by atoms with van der Waals surface area (Å²) in [7, 11) is 0. The summed E-state index contributed by atoms with van der Waals surface area (Å²) in [6.07, 6.45) is 5.02. The molecule has 0 aliphatic rings. The van der Waals surface area contributed by atoms with Gasteiger partial charge >= 0.3 is 0 Å². The highest BCUT2D eigenvalue weighted by molar-refractivity contribution is 6.32. The molecule has 2 N–H and O–H groups in total. The maximum absolute atomic E-state index is 11.8. The Bertz CT molecular complexity index is 1090. The van der Waals surface area contributed by atoms with Gasteiger partial charge in [-0.3, -0.25) is 9.20 Å². The fourth-order valence-electron chi connectivity index (χ4n) is 2.39.